The second-order valence-electron chi connectivity index (χ2n) is 4.85. The van der Waals surface area contributed by atoms with Gasteiger partial charge in [-0.1, -0.05) is 0 Å². The third kappa shape index (κ3) is 4.07. The van der Waals surface area contributed by atoms with E-state index in [1.165, 1.54) is 26.2 Å². The van der Waals surface area contributed by atoms with Crippen molar-refractivity contribution in [1.29, 1.82) is 0 Å². The first-order chi connectivity index (χ1) is 11.4. The van der Waals surface area contributed by atoms with Gasteiger partial charge in [0.2, 0.25) is 5.91 Å². The zero-order chi connectivity index (χ0) is 17.7. The quantitative estimate of drug-likeness (QED) is 0.647. The summed E-state index contributed by atoms with van der Waals surface area (Å²) < 4.78 is 5.07. The highest BCUT2D eigenvalue weighted by atomic mass is 16.6. The Morgan fingerprint density at radius 2 is 1.62 bits per heavy atom. The van der Waals surface area contributed by atoms with Crippen LogP contribution >= 0.6 is 0 Å². The highest BCUT2D eigenvalue weighted by molar-refractivity contribution is 6.06. The molecule has 2 amide bonds. The summed E-state index contributed by atoms with van der Waals surface area (Å²) in [6, 6.07) is 10.2. The molecule has 0 radical (unpaired) electrons. The molecular formula is C16H15N3O5. The standard InChI is InChI=1S/C16H15N3O5/c1-10(20)17-11-3-5-12(6-4-11)18-16(21)14-9-13(19(22)23)7-8-15(14)24-2/h3-9H,1-2H3,(H,17,20)(H,18,21). The molecule has 0 aromatic heterocycles. The number of ether oxygens (including phenoxy) is 1. The largest absolute Gasteiger partial charge is 0.496 e. The van der Waals surface area contributed by atoms with Gasteiger partial charge in [-0.2, -0.15) is 0 Å². The van der Waals surface area contributed by atoms with Crippen LogP contribution in [0, 0.1) is 10.1 Å². The molecule has 0 saturated heterocycles. The molecule has 8 nitrogen and oxygen atoms in total. The minimum absolute atomic E-state index is 0.0534. The molecule has 0 saturated carbocycles. The fourth-order valence-electron chi connectivity index (χ4n) is 2.03. The van der Waals surface area contributed by atoms with E-state index in [0.29, 0.717) is 11.4 Å². The molecule has 0 atom stereocenters. The van der Waals surface area contributed by atoms with Gasteiger partial charge in [0.15, 0.2) is 0 Å². The number of non-ortho nitro benzene ring substituents is 1. The van der Waals surface area contributed by atoms with Crippen molar-refractivity contribution in [3.05, 3.63) is 58.1 Å². The molecule has 0 spiro atoms. The second-order valence-corrected chi connectivity index (χ2v) is 4.85. The SMILES string of the molecule is COc1ccc([N+](=O)[O-])cc1C(=O)Nc1ccc(NC(C)=O)cc1. The molecule has 124 valence electrons. The topological polar surface area (TPSA) is 111 Å². The van der Waals surface area contributed by atoms with Crippen molar-refractivity contribution in [2.24, 2.45) is 0 Å². The number of hydrogen-bond acceptors (Lipinski definition) is 5. The Morgan fingerprint density at radius 3 is 2.12 bits per heavy atom. The average Bonchev–Trinajstić information content (AvgIpc) is 2.55. The Kier molecular flexibility index (Phi) is 5.10. The Bertz CT molecular complexity index is 787. The molecule has 0 aliphatic heterocycles. The summed E-state index contributed by atoms with van der Waals surface area (Å²) in [5.74, 6) is -0.510. The fraction of sp³-hybridized carbons (Fsp3) is 0.125. The number of nitro groups is 1. The number of carbonyl (C=O) groups is 2. The average molecular weight is 329 g/mol. The van der Waals surface area contributed by atoms with Crippen molar-refractivity contribution in [2.75, 3.05) is 17.7 Å². The third-order valence-corrected chi connectivity index (χ3v) is 3.10. The van der Waals surface area contributed by atoms with Crippen LogP contribution in [-0.4, -0.2) is 23.8 Å². The minimum Gasteiger partial charge on any atom is -0.496 e. The molecule has 0 aliphatic carbocycles. The molecular weight excluding hydrogens is 314 g/mol. The molecule has 8 heteroatoms. The van der Waals surface area contributed by atoms with Crippen LogP contribution < -0.4 is 15.4 Å². The van der Waals surface area contributed by atoms with Crippen molar-refractivity contribution in [1.82, 2.24) is 0 Å². The van der Waals surface area contributed by atoms with Crippen LogP contribution in [0.3, 0.4) is 0 Å². The van der Waals surface area contributed by atoms with Gasteiger partial charge < -0.3 is 15.4 Å². The smallest absolute Gasteiger partial charge is 0.270 e. The minimum atomic E-state index is -0.585. The second kappa shape index (κ2) is 7.23. The maximum Gasteiger partial charge on any atom is 0.270 e. The fourth-order valence-corrected chi connectivity index (χ4v) is 2.03. The molecule has 0 unspecified atom stereocenters. The lowest BCUT2D eigenvalue weighted by atomic mass is 10.1. The molecule has 24 heavy (non-hydrogen) atoms. The number of hydrogen-bond donors (Lipinski definition) is 2. The van der Waals surface area contributed by atoms with Crippen LogP contribution in [0.2, 0.25) is 0 Å². The molecule has 2 aromatic rings. The molecule has 2 N–H and O–H groups in total. The Balaban J connectivity index is 2.21. The predicted octanol–water partition coefficient (Wildman–Crippen LogP) is 2.81. The number of anilines is 2. The molecule has 0 fully saturated rings. The van der Waals surface area contributed by atoms with E-state index in [9.17, 15) is 19.7 Å². The number of benzene rings is 2. The summed E-state index contributed by atoms with van der Waals surface area (Å²) in [5, 5.41) is 16.1. The molecule has 0 bridgehead atoms. The van der Waals surface area contributed by atoms with Crippen molar-refractivity contribution in [3.63, 3.8) is 0 Å². The van der Waals surface area contributed by atoms with Crippen molar-refractivity contribution in [2.45, 2.75) is 6.92 Å². The van der Waals surface area contributed by atoms with Gasteiger partial charge >= 0.3 is 0 Å². The van der Waals surface area contributed by atoms with Gasteiger partial charge in [-0.05, 0) is 30.3 Å². The first kappa shape index (κ1) is 16.9. The van der Waals surface area contributed by atoms with Gasteiger partial charge in [0.1, 0.15) is 5.75 Å². The zero-order valence-electron chi connectivity index (χ0n) is 13.0. The van der Waals surface area contributed by atoms with Crippen LogP contribution in [0.5, 0.6) is 5.75 Å². The molecule has 2 aromatic carbocycles. The predicted molar refractivity (Wildman–Crippen MR) is 88.3 cm³/mol. The van der Waals surface area contributed by atoms with Gasteiger partial charge in [-0.25, -0.2) is 0 Å². The summed E-state index contributed by atoms with van der Waals surface area (Å²) in [6.07, 6.45) is 0. The number of rotatable bonds is 5. The van der Waals surface area contributed by atoms with Crippen molar-refractivity contribution < 1.29 is 19.2 Å². The zero-order valence-corrected chi connectivity index (χ0v) is 13.0. The lowest BCUT2D eigenvalue weighted by Crippen LogP contribution is -2.13. The van der Waals surface area contributed by atoms with E-state index in [-0.39, 0.29) is 22.9 Å². The maximum absolute atomic E-state index is 12.3. The van der Waals surface area contributed by atoms with E-state index in [2.05, 4.69) is 10.6 Å². The highest BCUT2D eigenvalue weighted by Gasteiger charge is 2.17. The van der Waals surface area contributed by atoms with Gasteiger partial charge in [0.25, 0.3) is 11.6 Å². The van der Waals surface area contributed by atoms with E-state index in [0.717, 1.165) is 6.07 Å². The van der Waals surface area contributed by atoms with E-state index < -0.39 is 10.8 Å². The van der Waals surface area contributed by atoms with Crippen LogP contribution in [0.4, 0.5) is 17.1 Å². The molecule has 0 aliphatic rings. The monoisotopic (exact) mass is 329 g/mol. The number of nitro benzene ring substituents is 1. The van der Waals surface area contributed by atoms with Gasteiger partial charge in [-0.3, -0.25) is 19.7 Å². The lowest BCUT2D eigenvalue weighted by molar-refractivity contribution is -0.384. The van der Waals surface area contributed by atoms with Gasteiger partial charge in [0.05, 0.1) is 17.6 Å². The molecule has 2 rings (SSSR count). The number of nitrogens with one attached hydrogen (secondary N) is 2. The van der Waals surface area contributed by atoms with E-state index in [4.69, 9.17) is 4.74 Å². The summed E-state index contributed by atoms with van der Waals surface area (Å²) in [7, 11) is 1.38. The van der Waals surface area contributed by atoms with Crippen LogP contribution in [0.25, 0.3) is 0 Å². The Hall–Kier alpha value is -3.42. The van der Waals surface area contributed by atoms with Crippen molar-refractivity contribution in [3.8, 4) is 5.75 Å². The summed E-state index contributed by atoms with van der Waals surface area (Å²) in [4.78, 5) is 33.6. The number of methoxy groups -OCH3 is 1. The summed E-state index contributed by atoms with van der Waals surface area (Å²) >= 11 is 0. The number of amides is 2. The Morgan fingerprint density at radius 1 is 1.04 bits per heavy atom. The van der Waals surface area contributed by atoms with Crippen LogP contribution in [-0.2, 0) is 4.79 Å². The van der Waals surface area contributed by atoms with Crippen molar-refractivity contribution >= 4 is 28.9 Å². The normalized spacial score (nSPS) is 9.92. The molecule has 0 heterocycles. The lowest BCUT2D eigenvalue weighted by Gasteiger charge is -2.10. The van der Waals surface area contributed by atoms with Crippen LogP contribution in [0.1, 0.15) is 17.3 Å². The van der Waals surface area contributed by atoms with Crippen LogP contribution in [0.15, 0.2) is 42.5 Å². The Labute approximate surface area is 137 Å². The first-order valence-corrected chi connectivity index (χ1v) is 6.92. The van der Waals surface area contributed by atoms with Gasteiger partial charge in [-0.15, -0.1) is 0 Å². The first-order valence-electron chi connectivity index (χ1n) is 6.92. The third-order valence-electron chi connectivity index (χ3n) is 3.10. The van der Waals surface area contributed by atoms with Gasteiger partial charge in [0, 0.05) is 30.4 Å². The number of nitrogens with zero attached hydrogens (tertiary/aromatic N) is 1. The van der Waals surface area contributed by atoms with E-state index >= 15 is 0 Å². The maximum atomic E-state index is 12.3. The number of carbonyl (C=O) groups excluding carboxylic acids is 2. The summed E-state index contributed by atoms with van der Waals surface area (Å²) in [6.45, 7) is 1.39. The summed E-state index contributed by atoms with van der Waals surface area (Å²) in [5.41, 5.74) is 0.913. The van der Waals surface area contributed by atoms with E-state index in [1.54, 1.807) is 24.3 Å². The highest BCUT2D eigenvalue weighted by Crippen LogP contribution is 2.25. The van der Waals surface area contributed by atoms with E-state index in [1.807, 2.05) is 0 Å².